The minimum atomic E-state index is -0.343. The maximum Gasteiger partial charge on any atom is 0.320 e. The fourth-order valence-corrected chi connectivity index (χ4v) is 2.75. The van der Waals surface area contributed by atoms with Gasteiger partial charge in [0.05, 0.1) is 0 Å². The van der Waals surface area contributed by atoms with E-state index >= 15 is 0 Å². The van der Waals surface area contributed by atoms with Crippen LogP contribution in [0.3, 0.4) is 0 Å². The van der Waals surface area contributed by atoms with Gasteiger partial charge in [-0.1, -0.05) is 5.16 Å². The summed E-state index contributed by atoms with van der Waals surface area (Å²) in [5.74, 6) is 1.41. The van der Waals surface area contributed by atoms with Crippen LogP contribution in [-0.4, -0.2) is 39.9 Å². The zero-order valence-electron chi connectivity index (χ0n) is 13.7. The minimum Gasteiger partial charge on any atom is -0.360 e. The van der Waals surface area contributed by atoms with Crippen LogP contribution in [0.5, 0.6) is 0 Å². The van der Waals surface area contributed by atoms with Crippen LogP contribution in [0.25, 0.3) is 0 Å². The highest BCUT2D eigenvalue weighted by atomic mass is 16.5. The average molecular weight is 332 g/mol. The lowest BCUT2D eigenvalue weighted by Gasteiger charge is -2.33. The summed E-state index contributed by atoms with van der Waals surface area (Å²) in [4.78, 5) is 30.3. The SMILES string of the molecule is Cc1cc(NC(=O)NC2CCCN(c3nccn(C)c3=O)C2)no1. The maximum absolute atomic E-state index is 12.2. The number of aromatic nitrogens is 3. The van der Waals surface area contributed by atoms with Gasteiger partial charge in [0, 0.05) is 44.6 Å². The van der Waals surface area contributed by atoms with Crippen LogP contribution < -0.4 is 21.1 Å². The van der Waals surface area contributed by atoms with Crippen molar-refractivity contribution in [2.45, 2.75) is 25.8 Å². The summed E-state index contributed by atoms with van der Waals surface area (Å²) in [5.41, 5.74) is -0.138. The van der Waals surface area contributed by atoms with Gasteiger partial charge in [0.2, 0.25) is 0 Å². The Morgan fingerprint density at radius 3 is 3.04 bits per heavy atom. The first-order chi connectivity index (χ1) is 11.5. The third kappa shape index (κ3) is 3.55. The van der Waals surface area contributed by atoms with Crippen LogP contribution in [0.1, 0.15) is 18.6 Å². The minimum absolute atomic E-state index is 0.0709. The van der Waals surface area contributed by atoms with Gasteiger partial charge >= 0.3 is 6.03 Å². The number of urea groups is 1. The van der Waals surface area contributed by atoms with Gasteiger partial charge < -0.3 is 19.3 Å². The van der Waals surface area contributed by atoms with E-state index in [0.717, 1.165) is 19.4 Å². The molecule has 1 unspecified atom stereocenters. The maximum atomic E-state index is 12.2. The van der Waals surface area contributed by atoms with Crippen LogP contribution in [0.2, 0.25) is 0 Å². The summed E-state index contributed by atoms with van der Waals surface area (Å²) in [6.07, 6.45) is 4.94. The lowest BCUT2D eigenvalue weighted by molar-refractivity contribution is 0.246. The van der Waals surface area contributed by atoms with Gasteiger partial charge in [-0.15, -0.1) is 0 Å². The van der Waals surface area contributed by atoms with Crippen molar-refractivity contribution in [2.24, 2.45) is 7.05 Å². The van der Waals surface area contributed by atoms with Crippen LogP contribution in [-0.2, 0) is 7.05 Å². The molecule has 3 heterocycles. The monoisotopic (exact) mass is 332 g/mol. The Hall–Kier alpha value is -2.84. The van der Waals surface area contributed by atoms with Gasteiger partial charge in [0.1, 0.15) is 5.76 Å². The molecule has 24 heavy (non-hydrogen) atoms. The third-order valence-electron chi connectivity index (χ3n) is 3.92. The third-order valence-corrected chi connectivity index (χ3v) is 3.92. The first kappa shape index (κ1) is 16.0. The van der Waals surface area contributed by atoms with E-state index in [1.165, 1.54) is 4.57 Å². The molecule has 1 aliphatic heterocycles. The number of aryl methyl sites for hydroxylation is 2. The summed E-state index contributed by atoms with van der Waals surface area (Å²) in [6, 6.07) is 1.23. The van der Waals surface area contributed by atoms with E-state index in [1.54, 1.807) is 32.4 Å². The molecule has 0 aromatic carbocycles. The molecule has 2 N–H and O–H groups in total. The second kappa shape index (κ2) is 6.73. The molecule has 1 atom stereocenters. The number of hydrogen-bond acceptors (Lipinski definition) is 6. The van der Waals surface area contributed by atoms with Crippen molar-refractivity contribution in [1.82, 2.24) is 20.0 Å². The molecule has 0 radical (unpaired) electrons. The predicted octanol–water partition coefficient (Wildman–Crippen LogP) is 0.867. The van der Waals surface area contributed by atoms with Gasteiger partial charge in [-0.25, -0.2) is 9.78 Å². The van der Waals surface area contributed by atoms with Gasteiger partial charge in [0.25, 0.3) is 5.56 Å². The first-order valence-electron chi connectivity index (χ1n) is 7.80. The zero-order valence-corrected chi connectivity index (χ0v) is 13.7. The Morgan fingerprint density at radius 1 is 1.46 bits per heavy atom. The second-order valence-corrected chi connectivity index (χ2v) is 5.87. The summed E-state index contributed by atoms with van der Waals surface area (Å²) in [7, 11) is 1.69. The molecule has 0 spiro atoms. The normalized spacial score (nSPS) is 17.6. The molecule has 0 bridgehead atoms. The Bertz CT molecular complexity index is 784. The number of carbonyl (C=O) groups is 1. The number of nitrogens with one attached hydrogen (secondary N) is 2. The van der Waals surface area contributed by atoms with Crippen LogP contribution in [0, 0.1) is 6.92 Å². The van der Waals surface area contributed by atoms with Crippen molar-refractivity contribution < 1.29 is 9.32 Å². The number of anilines is 2. The largest absolute Gasteiger partial charge is 0.360 e. The average Bonchev–Trinajstić information content (AvgIpc) is 2.95. The van der Waals surface area contributed by atoms with E-state index in [0.29, 0.717) is 23.9 Å². The van der Waals surface area contributed by atoms with E-state index in [1.807, 2.05) is 4.90 Å². The molecule has 0 aliphatic carbocycles. The van der Waals surface area contributed by atoms with Crippen molar-refractivity contribution in [3.8, 4) is 0 Å². The van der Waals surface area contributed by atoms with Gasteiger partial charge in [0.15, 0.2) is 11.6 Å². The quantitative estimate of drug-likeness (QED) is 0.864. The first-order valence-corrected chi connectivity index (χ1v) is 7.80. The molecular weight excluding hydrogens is 312 g/mol. The van der Waals surface area contributed by atoms with E-state index in [-0.39, 0.29) is 17.6 Å². The molecule has 2 amide bonds. The fraction of sp³-hybridized carbons (Fsp3) is 0.467. The molecule has 0 saturated carbocycles. The highest BCUT2D eigenvalue weighted by Crippen LogP contribution is 2.15. The second-order valence-electron chi connectivity index (χ2n) is 5.87. The fourth-order valence-electron chi connectivity index (χ4n) is 2.75. The number of carbonyl (C=O) groups excluding carboxylic acids is 1. The molecule has 1 fully saturated rings. The van der Waals surface area contributed by atoms with Crippen LogP contribution >= 0.6 is 0 Å². The van der Waals surface area contributed by atoms with Crippen molar-refractivity contribution in [3.63, 3.8) is 0 Å². The molecule has 1 aliphatic rings. The number of nitrogens with zero attached hydrogens (tertiary/aromatic N) is 4. The summed E-state index contributed by atoms with van der Waals surface area (Å²) >= 11 is 0. The Labute approximate surface area is 138 Å². The standard InChI is InChI=1S/C15H20N6O3/c1-10-8-12(19-24-10)18-15(23)17-11-4-3-6-21(9-11)13-14(22)20(2)7-5-16-13/h5,7-8,11H,3-4,6,9H2,1-2H3,(H2,17,18,19,23). The molecule has 3 rings (SSSR count). The number of rotatable bonds is 3. The number of amides is 2. The number of hydrogen-bond donors (Lipinski definition) is 2. The topological polar surface area (TPSA) is 105 Å². The van der Waals surface area contributed by atoms with Crippen LogP contribution in [0.15, 0.2) is 27.8 Å². The zero-order chi connectivity index (χ0) is 17.1. The molecule has 2 aromatic heterocycles. The van der Waals surface area contributed by atoms with Crippen molar-refractivity contribution in [2.75, 3.05) is 23.3 Å². The highest BCUT2D eigenvalue weighted by Gasteiger charge is 2.24. The van der Waals surface area contributed by atoms with Crippen molar-refractivity contribution in [3.05, 3.63) is 34.6 Å². The Balaban J connectivity index is 1.62. The summed E-state index contributed by atoms with van der Waals surface area (Å²) in [5, 5.41) is 9.25. The van der Waals surface area contributed by atoms with Gasteiger partial charge in [-0.3, -0.25) is 10.1 Å². The molecule has 9 heteroatoms. The summed E-state index contributed by atoms with van der Waals surface area (Å²) in [6.45, 7) is 3.04. The Kier molecular flexibility index (Phi) is 4.50. The highest BCUT2D eigenvalue weighted by molar-refractivity contribution is 5.88. The number of piperidine rings is 1. The molecule has 128 valence electrons. The molecule has 9 nitrogen and oxygen atoms in total. The van der Waals surface area contributed by atoms with Gasteiger partial charge in [-0.05, 0) is 19.8 Å². The summed E-state index contributed by atoms with van der Waals surface area (Å²) < 4.78 is 6.41. The van der Waals surface area contributed by atoms with E-state index in [2.05, 4.69) is 20.8 Å². The Morgan fingerprint density at radius 2 is 2.29 bits per heavy atom. The molecule has 2 aromatic rings. The van der Waals surface area contributed by atoms with Crippen molar-refractivity contribution >= 4 is 17.7 Å². The molecular formula is C15H20N6O3. The molecule has 1 saturated heterocycles. The van der Waals surface area contributed by atoms with E-state index in [4.69, 9.17) is 4.52 Å². The van der Waals surface area contributed by atoms with Gasteiger partial charge in [-0.2, -0.15) is 0 Å². The predicted molar refractivity (Wildman–Crippen MR) is 88.1 cm³/mol. The van der Waals surface area contributed by atoms with E-state index in [9.17, 15) is 9.59 Å². The van der Waals surface area contributed by atoms with Crippen LogP contribution in [0.4, 0.5) is 16.4 Å². The van der Waals surface area contributed by atoms with Crippen molar-refractivity contribution in [1.29, 1.82) is 0 Å². The lowest BCUT2D eigenvalue weighted by Crippen LogP contribution is -2.50. The lowest BCUT2D eigenvalue weighted by atomic mass is 10.1. The smallest absolute Gasteiger partial charge is 0.320 e. The van der Waals surface area contributed by atoms with E-state index < -0.39 is 0 Å².